The molecular weight excluding hydrogens is 316 g/mol. The molecule has 0 spiro atoms. The Kier molecular flexibility index (Phi) is 5.47. The molecule has 4 heteroatoms. The Morgan fingerprint density at radius 1 is 1.25 bits per heavy atom. The summed E-state index contributed by atoms with van der Waals surface area (Å²) in [5.41, 5.74) is 1.96. The molecule has 1 atom stereocenters. The molecule has 0 amide bonds. The first-order chi connectivity index (χ1) is 9.51. The summed E-state index contributed by atoms with van der Waals surface area (Å²) in [6.45, 7) is 11.7. The largest absolute Gasteiger partial charge is 0.507 e. The standard InChI is InChI=1S/C16H25BrN2O/c1-4-13(3)19-7-5-18(6-8-19)11-14-10-15(17)9-12(2)16(14)20/h9-10,13,20H,4-8,11H2,1-3H3. The molecule has 0 radical (unpaired) electrons. The van der Waals surface area contributed by atoms with E-state index in [-0.39, 0.29) is 0 Å². The fourth-order valence-electron chi connectivity index (χ4n) is 2.79. The highest BCUT2D eigenvalue weighted by molar-refractivity contribution is 9.10. The Hall–Kier alpha value is -0.580. The van der Waals surface area contributed by atoms with Crippen molar-refractivity contribution in [1.82, 2.24) is 9.80 Å². The lowest BCUT2D eigenvalue weighted by Crippen LogP contribution is -2.49. The van der Waals surface area contributed by atoms with Crippen LogP contribution >= 0.6 is 15.9 Å². The number of benzene rings is 1. The molecule has 1 aliphatic heterocycles. The number of phenols is 1. The van der Waals surface area contributed by atoms with Crippen LogP contribution in [-0.2, 0) is 6.54 Å². The molecule has 1 heterocycles. The van der Waals surface area contributed by atoms with Gasteiger partial charge in [-0.05, 0) is 38.0 Å². The molecule has 1 aromatic rings. The minimum absolute atomic E-state index is 0.442. The first kappa shape index (κ1) is 15.8. The van der Waals surface area contributed by atoms with E-state index >= 15 is 0 Å². The Morgan fingerprint density at radius 3 is 2.50 bits per heavy atom. The van der Waals surface area contributed by atoms with Gasteiger partial charge in [0.05, 0.1) is 0 Å². The molecule has 20 heavy (non-hydrogen) atoms. The van der Waals surface area contributed by atoms with Gasteiger partial charge in [-0.3, -0.25) is 9.80 Å². The highest BCUT2D eigenvalue weighted by atomic mass is 79.9. The van der Waals surface area contributed by atoms with Gasteiger partial charge in [-0.1, -0.05) is 22.9 Å². The fourth-order valence-corrected chi connectivity index (χ4v) is 3.41. The first-order valence-electron chi connectivity index (χ1n) is 7.45. The van der Waals surface area contributed by atoms with Gasteiger partial charge in [0, 0.05) is 48.8 Å². The quantitative estimate of drug-likeness (QED) is 0.910. The molecule has 2 rings (SSSR count). The number of nitrogens with zero attached hydrogens (tertiary/aromatic N) is 2. The molecule has 1 aliphatic rings. The summed E-state index contributed by atoms with van der Waals surface area (Å²) < 4.78 is 1.04. The minimum atomic E-state index is 0.442. The maximum absolute atomic E-state index is 10.2. The van der Waals surface area contributed by atoms with E-state index in [1.807, 2.05) is 19.1 Å². The number of piperazine rings is 1. The number of rotatable bonds is 4. The molecule has 1 fully saturated rings. The second-order valence-electron chi connectivity index (χ2n) is 5.80. The van der Waals surface area contributed by atoms with E-state index in [1.165, 1.54) is 6.42 Å². The van der Waals surface area contributed by atoms with Crippen molar-refractivity contribution in [2.45, 2.75) is 39.8 Å². The van der Waals surface area contributed by atoms with Crippen LogP contribution in [0.25, 0.3) is 0 Å². The summed E-state index contributed by atoms with van der Waals surface area (Å²) in [5, 5.41) is 10.2. The molecule has 0 bridgehead atoms. The highest BCUT2D eigenvalue weighted by Crippen LogP contribution is 2.28. The third-order valence-electron chi connectivity index (χ3n) is 4.36. The van der Waals surface area contributed by atoms with E-state index in [0.29, 0.717) is 11.8 Å². The second-order valence-corrected chi connectivity index (χ2v) is 6.72. The summed E-state index contributed by atoms with van der Waals surface area (Å²) in [7, 11) is 0. The lowest BCUT2D eigenvalue weighted by molar-refractivity contribution is 0.0958. The third kappa shape index (κ3) is 3.74. The molecule has 112 valence electrons. The van der Waals surface area contributed by atoms with Crippen LogP contribution in [0.3, 0.4) is 0 Å². The number of halogens is 1. The Bertz CT molecular complexity index is 456. The van der Waals surface area contributed by atoms with Crippen molar-refractivity contribution in [2.75, 3.05) is 26.2 Å². The van der Waals surface area contributed by atoms with E-state index in [9.17, 15) is 5.11 Å². The van der Waals surface area contributed by atoms with Crippen LogP contribution in [0.15, 0.2) is 16.6 Å². The second kappa shape index (κ2) is 6.92. The zero-order valence-corrected chi connectivity index (χ0v) is 14.3. The van der Waals surface area contributed by atoms with Crippen LogP contribution in [0.4, 0.5) is 0 Å². The van der Waals surface area contributed by atoms with Crippen LogP contribution in [0.2, 0.25) is 0 Å². The van der Waals surface area contributed by atoms with Crippen molar-refractivity contribution in [1.29, 1.82) is 0 Å². The van der Waals surface area contributed by atoms with Crippen LogP contribution < -0.4 is 0 Å². The highest BCUT2D eigenvalue weighted by Gasteiger charge is 2.21. The summed E-state index contributed by atoms with van der Waals surface area (Å²) in [4.78, 5) is 4.99. The van der Waals surface area contributed by atoms with E-state index in [2.05, 4.69) is 39.6 Å². The van der Waals surface area contributed by atoms with Gasteiger partial charge in [0.2, 0.25) is 0 Å². The zero-order valence-electron chi connectivity index (χ0n) is 12.7. The van der Waals surface area contributed by atoms with E-state index in [4.69, 9.17) is 0 Å². The van der Waals surface area contributed by atoms with E-state index in [1.54, 1.807) is 0 Å². The summed E-state index contributed by atoms with van der Waals surface area (Å²) in [6.07, 6.45) is 1.21. The van der Waals surface area contributed by atoms with Crippen LogP contribution in [0.5, 0.6) is 5.75 Å². The van der Waals surface area contributed by atoms with E-state index in [0.717, 1.165) is 48.3 Å². The van der Waals surface area contributed by atoms with Crippen LogP contribution in [0, 0.1) is 6.92 Å². The SMILES string of the molecule is CCC(C)N1CCN(Cc2cc(Br)cc(C)c2O)CC1. The first-order valence-corrected chi connectivity index (χ1v) is 8.25. The monoisotopic (exact) mass is 340 g/mol. The number of phenolic OH excluding ortho intramolecular Hbond substituents is 1. The normalized spacial score (nSPS) is 19.2. The van der Waals surface area contributed by atoms with Crippen molar-refractivity contribution < 1.29 is 5.11 Å². The van der Waals surface area contributed by atoms with Gasteiger partial charge in [-0.25, -0.2) is 0 Å². The number of hydrogen-bond acceptors (Lipinski definition) is 3. The smallest absolute Gasteiger partial charge is 0.123 e. The van der Waals surface area contributed by atoms with Crippen molar-refractivity contribution in [3.05, 3.63) is 27.7 Å². The van der Waals surface area contributed by atoms with Gasteiger partial charge in [0.25, 0.3) is 0 Å². The molecule has 1 saturated heterocycles. The zero-order chi connectivity index (χ0) is 14.7. The summed E-state index contributed by atoms with van der Waals surface area (Å²) in [6, 6.07) is 4.67. The molecule has 1 aromatic carbocycles. The minimum Gasteiger partial charge on any atom is -0.507 e. The van der Waals surface area contributed by atoms with Gasteiger partial charge in [0.15, 0.2) is 0 Å². The summed E-state index contributed by atoms with van der Waals surface area (Å²) in [5.74, 6) is 0.442. The predicted octanol–water partition coefficient (Wildman–Crippen LogP) is 3.38. The third-order valence-corrected chi connectivity index (χ3v) is 4.82. The molecule has 0 aromatic heterocycles. The van der Waals surface area contributed by atoms with E-state index < -0.39 is 0 Å². The average molecular weight is 341 g/mol. The topological polar surface area (TPSA) is 26.7 Å². The average Bonchev–Trinajstić information content (AvgIpc) is 2.44. The maximum atomic E-state index is 10.2. The lowest BCUT2D eigenvalue weighted by atomic mass is 10.1. The van der Waals surface area contributed by atoms with Gasteiger partial charge in [0.1, 0.15) is 5.75 Å². The Balaban J connectivity index is 1.96. The van der Waals surface area contributed by atoms with Crippen LogP contribution in [-0.4, -0.2) is 47.1 Å². The molecular formula is C16H25BrN2O. The Labute approximate surface area is 130 Å². The molecule has 3 nitrogen and oxygen atoms in total. The molecule has 1 N–H and O–H groups in total. The van der Waals surface area contributed by atoms with Gasteiger partial charge in [-0.2, -0.15) is 0 Å². The predicted molar refractivity (Wildman–Crippen MR) is 87.1 cm³/mol. The van der Waals surface area contributed by atoms with Crippen molar-refractivity contribution in [2.24, 2.45) is 0 Å². The molecule has 0 saturated carbocycles. The maximum Gasteiger partial charge on any atom is 0.123 e. The van der Waals surface area contributed by atoms with Crippen molar-refractivity contribution >= 4 is 15.9 Å². The lowest BCUT2D eigenvalue weighted by Gasteiger charge is -2.38. The number of aromatic hydroxyl groups is 1. The van der Waals surface area contributed by atoms with Gasteiger partial charge >= 0.3 is 0 Å². The van der Waals surface area contributed by atoms with Gasteiger partial charge in [-0.15, -0.1) is 0 Å². The molecule has 0 aliphatic carbocycles. The fraction of sp³-hybridized carbons (Fsp3) is 0.625. The number of hydrogen-bond donors (Lipinski definition) is 1. The molecule has 1 unspecified atom stereocenters. The van der Waals surface area contributed by atoms with Crippen molar-refractivity contribution in [3.63, 3.8) is 0 Å². The van der Waals surface area contributed by atoms with Gasteiger partial charge < -0.3 is 5.11 Å². The Morgan fingerprint density at radius 2 is 1.90 bits per heavy atom. The number of aryl methyl sites for hydroxylation is 1. The van der Waals surface area contributed by atoms with Crippen molar-refractivity contribution in [3.8, 4) is 5.75 Å². The van der Waals surface area contributed by atoms with Crippen LogP contribution in [0.1, 0.15) is 31.4 Å². The summed E-state index contributed by atoms with van der Waals surface area (Å²) >= 11 is 3.51.